The lowest BCUT2D eigenvalue weighted by Gasteiger charge is -2.21. The lowest BCUT2D eigenvalue weighted by Crippen LogP contribution is -2.41. The van der Waals surface area contributed by atoms with Crippen LogP contribution >= 0.6 is 0 Å². The monoisotopic (exact) mass is 378 g/mol. The molecule has 1 aliphatic rings. The molecule has 1 aromatic heterocycles. The fourth-order valence-electron chi connectivity index (χ4n) is 3.44. The third-order valence-corrected chi connectivity index (χ3v) is 5.45. The van der Waals surface area contributed by atoms with Gasteiger partial charge >= 0.3 is 0 Å². The zero-order valence-electron chi connectivity index (χ0n) is 14.9. The van der Waals surface area contributed by atoms with Gasteiger partial charge in [0.1, 0.15) is 5.58 Å². The molecular weight excluding hydrogens is 356 g/mol. The highest BCUT2D eigenvalue weighted by atomic mass is 32.2. The molecule has 8 heteroatoms. The molecule has 26 heavy (non-hydrogen) atoms. The van der Waals surface area contributed by atoms with E-state index < -0.39 is 15.9 Å². The minimum Gasteiger partial charge on any atom is -0.451 e. The van der Waals surface area contributed by atoms with Gasteiger partial charge in [0, 0.05) is 25.2 Å². The maximum atomic E-state index is 12.8. The van der Waals surface area contributed by atoms with Crippen LogP contribution < -0.4 is 10.2 Å². The first-order valence-corrected chi connectivity index (χ1v) is 10.3. The van der Waals surface area contributed by atoms with Gasteiger partial charge in [-0.2, -0.15) is 0 Å². The number of nitrogens with one attached hydrogen (secondary N) is 1. The van der Waals surface area contributed by atoms with Gasteiger partial charge in [-0.15, -0.1) is 0 Å². The number of carbonyl (C=O) groups excluding carboxylic acids is 1. The van der Waals surface area contributed by atoms with Crippen molar-refractivity contribution in [3.05, 3.63) is 46.3 Å². The van der Waals surface area contributed by atoms with Crippen LogP contribution in [0.25, 0.3) is 11.0 Å². The van der Waals surface area contributed by atoms with Gasteiger partial charge in [-0.05, 0) is 24.0 Å². The smallest absolute Gasteiger partial charge is 0.289 e. The molecule has 0 radical (unpaired) electrons. The Kier molecular flexibility index (Phi) is 4.90. The Labute approximate surface area is 152 Å². The third kappa shape index (κ3) is 3.81. The number of fused-ring (bicyclic) bond motifs is 1. The van der Waals surface area contributed by atoms with Gasteiger partial charge in [0.2, 0.25) is 10.0 Å². The van der Waals surface area contributed by atoms with Gasteiger partial charge < -0.3 is 9.32 Å². The molecule has 1 N–H and O–H groups in total. The quantitative estimate of drug-likeness (QED) is 0.868. The van der Waals surface area contributed by atoms with Crippen LogP contribution in [0.2, 0.25) is 0 Å². The Morgan fingerprint density at radius 2 is 1.96 bits per heavy atom. The SMILES string of the molecule is CC(C)C1CN(C(=O)c2cc(=O)c3ccccc3o2)CC1NS(C)(=O)=O. The van der Waals surface area contributed by atoms with E-state index in [1.165, 1.54) is 6.07 Å². The fourth-order valence-corrected chi connectivity index (χ4v) is 4.23. The van der Waals surface area contributed by atoms with E-state index in [0.717, 1.165) is 6.26 Å². The van der Waals surface area contributed by atoms with Crippen molar-refractivity contribution in [2.75, 3.05) is 19.3 Å². The topological polar surface area (TPSA) is 96.7 Å². The summed E-state index contributed by atoms with van der Waals surface area (Å²) in [6, 6.07) is 7.59. The minimum absolute atomic E-state index is 0.0131. The zero-order chi connectivity index (χ0) is 19.1. The summed E-state index contributed by atoms with van der Waals surface area (Å²) in [5.74, 6) is -0.260. The molecule has 3 rings (SSSR count). The van der Waals surface area contributed by atoms with Crippen molar-refractivity contribution in [1.82, 2.24) is 9.62 Å². The van der Waals surface area contributed by atoms with E-state index in [4.69, 9.17) is 4.42 Å². The molecule has 1 fully saturated rings. The first-order valence-electron chi connectivity index (χ1n) is 8.45. The highest BCUT2D eigenvalue weighted by molar-refractivity contribution is 7.88. The number of benzene rings is 1. The van der Waals surface area contributed by atoms with Crippen molar-refractivity contribution in [2.24, 2.45) is 11.8 Å². The van der Waals surface area contributed by atoms with Crippen molar-refractivity contribution in [1.29, 1.82) is 0 Å². The minimum atomic E-state index is -3.38. The highest BCUT2D eigenvalue weighted by Gasteiger charge is 2.39. The molecule has 2 heterocycles. The Morgan fingerprint density at radius 3 is 2.62 bits per heavy atom. The molecule has 1 aliphatic heterocycles. The van der Waals surface area contributed by atoms with E-state index in [0.29, 0.717) is 17.5 Å². The number of para-hydroxylation sites is 1. The molecular formula is C18H22N2O5S. The van der Waals surface area contributed by atoms with Gasteiger partial charge in [0.25, 0.3) is 5.91 Å². The fraction of sp³-hybridized carbons (Fsp3) is 0.444. The number of amides is 1. The highest BCUT2D eigenvalue weighted by Crippen LogP contribution is 2.26. The zero-order valence-corrected chi connectivity index (χ0v) is 15.7. The van der Waals surface area contributed by atoms with Gasteiger partial charge in [0.05, 0.1) is 11.6 Å². The average Bonchev–Trinajstić information content (AvgIpc) is 2.96. The first kappa shape index (κ1) is 18.6. The van der Waals surface area contributed by atoms with E-state index in [1.54, 1.807) is 29.2 Å². The second-order valence-corrected chi connectivity index (χ2v) is 8.87. The molecule has 0 aliphatic carbocycles. The van der Waals surface area contributed by atoms with Crippen LogP contribution in [-0.4, -0.2) is 44.6 Å². The molecule has 2 aromatic rings. The van der Waals surface area contributed by atoms with Crippen molar-refractivity contribution in [2.45, 2.75) is 19.9 Å². The predicted molar refractivity (Wildman–Crippen MR) is 98.5 cm³/mol. The number of sulfonamides is 1. The molecule has 0 saturated carbocycles. The van der Waals surface area contributed by atoms with Crippen LogP contribution in [0.3, 0.4) is 0 Å². The van der Waals surface area contributed by atoms with Gasteiger partial charge in [-0.1, -0.05) is 26.0 Å². The van der Waals surface area contributed by atoms with E-state index in [9.17, 15) is 18.0 Å². The summed E-state index contributed by atoms with van der Waals surface area (Å²) in [6.45, 7) is 4.63. The third-order valence-electron chi connectivity index (χ3n) is 4.72. The largest absolute Gasteiger partial charge is 0.451 e. The van der Waals surface area contributed by atoms with Crippen molar-refractivity contribution >= 4 is 26.9 Å². The number of nitrogens with zero attached hydrogens (tertiary/aromatic N) is 1. The lowest BCUT2D eigenvalue weighted by molar-refractivity contribution is 0.0752. The van der Waals surface area contributed by atoms with Crippen LogP contribution in [0.4, 0.5) is 0 Å². The van der Waals surface area contributed by atoms with Crippen LogP contribution in [0.5, 0.6) is 0 Å². The normalized spacial score (nSPS) is 20.8. The number of hydrogen-bond acceptors (Lipinski definition) is 5. The van der Waals surface area contributed by atoms with Crippen molar-refractivity contribution in [3.8, 4) is 0 Å². The average molecular weight is 378 g/mol. The standard InChI is InChI=1S/C18H22N2O5S/c1-11(2)13-9-20(10-14(13)19-26(3,23)24)18(22)17-8-15(21)12-6-4-5-7-16(12)25-17/h4-8,11,13-14,19H,9-10H2,1-3H3. The number of carbonyl (C=O) groups is 1. The molecule has 0 spiro atoms. The van der Waals surface area contributed by atoms with Crippen LogP contribution in [-0.2, 0) is 10.0 Å². The number of rotatable bonds is 4. The van der Waals surface area contributed by atoms with Crippen molar-refractivity contribution < 1.29 is 17.6 Å². The van der Waals surface area contributed by atoms with E-state index in [2.05, 4.69) is 4.72 Å². The number of likely N-dealkylation sites (tertiary alicyclic amines) is 1. The molecule has 2 unspecified atom stereocenters. The summed E-state index contributed by atoms with van der Waals surface area (Å²) in [5.41, 5.74) is 0.0781. The molecule has 0 bridgehead atoms. The summed E-state index contributed by atoms with van der Waals surface area (Å²) < 4.78 is 31.5. The predicted octanol–water partition coefficient (Wildman–Crippen LogP) is 1.44. The molecule has 2 atom stereocenters. The maximum absolute atomic E-state index is 12.8. The molecule has 1 saturated heterocycles. The maximum Gasteiger partial charge on any atom is 0.289 e. The second kappa shape index (κ2) is 6.85. The summed E-state index contributed by atoms with van der Waals surface area (Å²) in [4.78, 5) is 26.6. The van der Waals surface area contributed by atoms with Crippen LogP contribution in [0.15, 0.2) is 39.5 Å². The molecule has 140 valence electrons. The van der Waals surface area contributed by atoms with Gasteiger partial charge in [-0.25, -0.2) is 13.1 Å². The second-order valence-electron chi connectivity index (χ2n) is 7.09. The summed E-state index contributed by atoms with van der Waals surface area (Å²) in [7, 11) is -3.38. The molecule has 1 amide bonds. The van der Waals surface area contributed by atoms with Crippen molar-refractivity contribution in [3.63, 3.8) is 0 Å². The summed E-state index contributed by atoms with van der Waals surface area (Å²) in [6.07, 6.45) is 1.11. The summed E-state index contributed by atoms with van der Waals surface area (Å²) in [5, 5.41) is 0.419. The van der Waals surface area contributed by atoms with Crippen LogP contribution in [0, 0.1) is 11.8 Å². The lowest BCUT2D eigenvalue weighted by atomic mass is 9.92. The van der Waals surface area contributed by atoms with Crippen LogP contribution in [0.1, 0.15) is 24.4 Å². The van der Waals surface area contributed by atoms with E-state index in [-0.39, 0.29) is 35.6 Å². The Morgan fingerprint density at radius 1 is 1.27 bits per heavy atom. The Balaban J connectivity index is 1.89. The molecule has 1 aromatic carbocycles. The Bertz CT molecular complexity index is 996. The first-order chi connectivity index (χ1) is 12.2. The van der Waals surface area contributed by atoms with E-state index in [1.807, 2.05) is 13.8 Å². The van der Waals surface area contributed by atoms with Gasteiger partial charge in [-0.3, -0.25) is 9.59 Å². The molecule has 7 nitrogen and oxygen atoms in total. The summed E-state index contributed by atoms with van der Waals surface area (Å²) >= 11 is 0. The number of hydrogen-bond donors (Lipinski definition) is 1. The Hall–Kier alpha value is -2.19. The van der Waals surface area contributed by atoms with Gasteiger partial charge in [0.15, 0.2) is 11.2 Å². The van der Waals surface area contributed by atoms with E-state index >= 15 is 0 Å².